The van der Waals surface area contributed by atoms with E-state index < -0.39 is 0 Å². The average molecular weight is 225 g/mol. The molecule has 0 bridgehead atoms. The molecule has 0 saturated heterocycles. The van der Waals surface area contributed by atoms with Crippen LogP contribution in [0.5, 0.6) is 5.88 Å². The molecule has 0 fully saturated rings. The van der Waals surface area contributed by atoms with Crippen molar-refractivity contribution in [3.63, 3.8) is 0 Å². The van der Waals surface area contributed by atoms with Crippen LogP contribution in [0.2, 0.25) is 0 Å². The Morgan fingerprint density at radius 3 is 2.53 bits per heavy atom. The van der Waals surface area contributed by atoms with Gasteiger partial charge in [0.2, 0.25) is 5.88 Å². The zero-order valence-corrected chi connectivity index (χ0v) is 9.08. The molecule has 0 aliphatic heterocycles. The molecule has 0 atom stereocenters. The first-order valence-corrected chi connectivity index (χ1v) is 5.18. The van der Waals surface area contributed by atoms with Crippen LogP contribution in [0.15, 0.2) is 54.7 Å². The van der Waals surface area contributed by atoms with Gasteiger partial charge in [-0.25, -0.2) is 4.98 Å². The maximum Gasteiger partial charge on any atom is 0.210 e. The fraction of sp³-hybridized carbons (Fsp3) is 0. The summed E-state index contributed by atoms with van der Waals surface area (Å²) in [5.74, 6) is -0.0878. The number of rotatable bonds is 3. The maximum atomic E-state index is 11.7. The largest absolute Gasteiger partial charge is 0.493 e. The van der Waals surface area contributed by atoms with Crippen molar-refractivity contribution in [2.45, 2.75) is 0 Å². The Labute approximate surface area is 99.1 Å². The fourth-order valence-corrected chi connectivity index (χ4v) is 1.37. The first-order chi connectivity index (χ1) is 8.25. The van der Waals surface area contributed by atoms with Crippen molar-refractivity contribution < 1.29 is 9.90 Å². The Balaban J connectivity index is 2.11. The number of ketones is 1. The van der Waals surface area contributed by atoms with Crippen LogP contribution in [0.1, 0.15) is 15.9 Å². The molecule has 0 aliphatic rings. The molecule has 3 heteroatoms. The minimum absolute atomic E-state index is 0.0310. The van der Waals surface area contributed by atoms with Gasteiger partial charge in [0.05, 0.1) is 0 Å². The molecule has 2 rings (SSSR count). The van der Waals surface area contributed by atoms with E-state index >= 15 is 0 Å². The topological polar surface area (TPSA) is 50.2 Å². The highest BCUT2D eigenvalue weighted by Gasteiger charge is 1.99. The Bertz CT molecular complexity index is 530. The van der Waals surface area contributed by atoms with Crippen LogP contribution in [0.4, 0.5) is 0 Å². The lowest BCUT2D eigenvalue weighted by Crippen LogP contribution is -1.92. The molecule has 0 saturated carbocycles. The van der Waals surface area contributed by atoms with Crippen molar-refractivity contribution >= 4 is 11.9 Å². The second kappa shape index (κ2) is 5.07. The molecule has 84 valence electrons. The van der Waals surface area contributed by atoms with E-state index in [-0.39, 0.29) is 11.7 Å². The van der Waals surface area contributed by atoms with E-state index in [1.165, 1.54) is 18.3 Å². The first kappa shape index (κ1) is 11.1. The van der Waals surface area contributed by atoms with Crippen molar-refractivity contribution in [3.8, 4) is 5.88 Å². The van der Waals surface area contributed by atoms with Gasteiger partial charge in [-0.3, -0.25) is 4.79 Å². The van der Waals surface area contributed by atoms with Crippen LogP contribution in [0, 0.1) is 0 Å². The smallest absolute Gasteiger partial charge is 0.210 e. The summed E-state index contributed by atoms with van der Waals surface area (Å²) in [7, 11) is 0. The third kappa shape index (κ3) is 3.01. The number of hydrogen-bond donors (Lipinski definition) is 1. The van der Waals surface area contributed by atoms with E-state index in [2.05, 4.69) is 4.98 Å². The number of hydrogen-bond acceptors (Lipinski definition) is 3. The second-order valence-electron chi connectivity index (χ2n) is 3.51. The quantitative estimate of drug-likeness (QED) is 0.645. The molecule has 17 heavy (non-hydrogen) atoms. The summed E-state index contributed by atoms with van der Waals surface area (Å²) in [6.07, 6.45) is 4.66. The highest BCUT2D eigenvalue weighted by molar-refractivity contribution is 6.06. The number of allylic oxidation sites excluding steroid dienone is 1. The Morgan fingerprint density at radius 1 is 1.12 bits per heavy atom. The summed E-state index contributed by atoms with van der Waals surface area (Å²) in [6, 6.07) is 12.2. The van der Waals surface area contributed by atoms with Crippen molar-refractivity contribution in [2.75, 3.05) is 0 Å². The SMILES string of the molecule is O=C(C=Cc1ccc(O)nc1)c1ccccc1. The highest BCUT2D eigenvalue weighted by atomic mass is 16.3. The van der Waals surface area contributed by atoms with Crippen molar-refractivity contribution in [3.05, 3.63) is 65.9 Å². The van der Waals surface area contributed by atoms with E-state index in [1.807, 2.05) is 18.2 Å². The molecular formula is C14H11NO2. The van der Waals surface area contributed by atoms with Gasteiger partial charge in [-0.2, -0.15) is 0 Å². The minimum atomic E-state index is -0.0568. The molecule has 1 N–H and O–H groups in total. The van der Waals surface area contributed by atoms with Crippen LogP contribution in [0.3, 0.4) is 0 Å². The summed E-state index contributed by atoms with van der Waals surface area (Å²) in [5, 5.41) is 9.01. The Hall–Kier alpha value is -2.42. The van der Waals surface area contributed by atoms with E-state index in [4.69, 9.17) is 5.11 Å². The first-order valence-electron chi connectivity index (χ1n) is 5.18. The van der Waals surface area contributed by atoms with E-state index in [0.717, 1.165) is 5.56 Å². The van der Waals surface area contributed by atoms with Crippen LogP contribution in [0.25, 0.3) is 6.08 Å². The van der Waals surface area contributed by atoms with Crippen molar-refractivity contribution in [1.29, 1.82) is 0 Å². The fourth-order valence-electron chi connectivity index (χ4n) is 1.37. The van der Waals surface area contributed by atoms with Gasteiger partial charge in [-0.15, -0.1) is 0 Å². The molecule has 1 aromatic carbocycles. The number of carbonyl (C=O) groups excluding carboxylic acids is 1. The van der Waals surface area contributed by atoms with Gasteiger partial charge in [-0.05, 0) is 23.8 Å². The van der Waals surface area contributed by atoms with Gasteiger partial charge in [0.25, 0.3) is 0 Å². The van der Waals surface area contributed by atoms with Gasteiger partial charge in [0, 0.05) is 17.8 Å². The highest BCUT2D eigenvalue weighted by Crippen LogP contribution is 2.08. The number of carbonyl (C=O) groups is 1. The summed E-state index contributed by atoms with van der Waals surface area (Å²) in [4.78, 5) is 15.5. The summed E-state index contributed by atoms with van der Waals surface area (Å²) in [5.41, 5.74) is 1.42. The Kier molecular flexibility index (Phi) is 3.31. The zero-order chi connectivity index (χ0) is 12.1. The zero-order valence-electron chi connectivity index (χ0n) is 9.08. The Morgan fingerprint density at radius 2 is 1.88 bits per heavy atom. The van der Waals surface area contributed by atoms with Gasteiger partial charge in [0.1, 0.15) is 0 Å². The lowest BCUT2D eigenvalue weighted by atomic mass is 10.1. The van der Waals surface area contributed by atoms with Crippen LogP contribution < -0.4 is 0 Å². The van der Waals surface area contributed by atoms with Crippen LogP contribution >= 0.6 is 0 Å². The van der Waals surface area contributed by atoms with Gasteiger partial charge >= 0.3 is 0 Å². The maximum absolute atomic E-state index is 11.7. The van der Waals surface area contributed by atoms with Gasteiger partial charge < -0.3 is 5.11 Å². The second-order valence-corrected chi connectivity index (χ2v) is 3.51. The summed E-state index contributed by atoms with van der Waals surface area (Å²) < 4.78 is 0. The molecule has 0 spiro atoms. The molecule has 1 aromatic heterocycles. The lowest BCUT2D eigenvalue weighted by Gasteiger charge is -1.95. The van der Waals surface area contributed by atoms with E-state index in [1.54, 1.807) is 24.3 Å². The molecule has 1 heterocycles. The molecule has 0 unspecified atom stereocenters. The summed E-state index contributed by atoms with van der Waals surface area (Å²) >= 11 is 0. The molecule has 0 radical (unpaired) electrons. The molecule has 0 aliphatic carbocycles. The lowest BCUT2D eigenvalue weighted by molar-refractivity contribution is 0.104. The van der Waals surface area contributed by atoms with Crippen molar-refractivity contribution in [2.24, 2.45) is 0 Å². The van der Waals surface area contributed by atoms with Crippen LogP contribution in [-0.2, 0) is 0 Å². The molecule has 0 amide bonds. The molecule has 2 aromatic rings. The number of nitrogens with zero attached hydrogens (tertiary/aromatic N) is 1. The standard InChI is InChI=1S/C14H11NO2/c16-13(12-4-2-1-3-5-12)8-6-11-7-9-14(17)15-10-11/h1-10H,(H,15,17). The predicted molar refractivity (Wildman–Crippen MR) is 65.7 cm³/mol. The third-order valence-corrected chi connectivity index (χ3v) is 2.26. The third-order valence-electron chi connectivity index (χ3n) is 2.26. The van der Waals surface area contributed by atoms with Crippen LogP contribution in [-0.4, -0.2) is 15.9 Å². The minimum Gasteiger partial charge on any atom is -0.493 e. The number of benzene rings is 1. The normalized spacial score (nSPS) is 10.6. The molecular weight excluding hydrogens is 214 g/mol. The number of pyridine rings is 1. The summed E-state index contributed by atoms with van der Waals surface area (Å²) in [6.45, 7) is 0. The van der Waals surface area contributed by atoms with E-state index in [9.17, 15) is 4.79 Å². The predicted octanol–water partition coefficient (Wildman–Crippen LogP) is 2.68. The average Bonchev–Trinajstić information content (AvgIpc) is 2.39. The number of aromatic nitrogens is 1. The van der Waals surface area contributed by atoms with E-state index in [0.29, 0.717) is 5.56 Å². The van der Waals surface area contributed by atoms with Gasteiger partial charge in [0.15, 0.2) is 5.78 Å². The number of aromatic hydroxyl groups is 1. The molecule has 3 nitrogen and oxygen atoms in total. The van der Waals surface area contributed by atoms with Gasteiger partial charge in [-0.1, -0.05) is 30.3 Å². The monoisotopic (exact) mass is 225 g/mol. The van der Waals surface area contributed by atoms with Crippen molar-refractivity contribution in [1.82, 2.24) is 4.98 Å².